The molecular formula is C15H26N4O3S. The van der Waals surface area contributed by atoms with Crippen molar-refractivity contribution in [1.82, 2.24) is 14.7 Å². The molecule has 2 heterocycles. The highest BCUT2D eigenvalue weighted by atomic mass is 32.2. The zero-order valence-corrected chi connectivity index (χ0v) is 15.3. The van der Waals surface area contributed by atoms with Crippen LogP contribution in [-0.4, -0.2) is 52.7 Å². The minimum atomic E-state index is -3.19. The van der Waals surface area contributed by atoms with Gasteiger partial charge >= 0.3 is 6.03 Å². The molecule has 1 aliphatic heterocycles. The van der Waals surface area contributed by atoms with E-state index in [0.29, 0.717) is 18.7 Å². The molecule has 8 heteroatoms. The first-order valence-corrected chi connectivity index (χ1v) is 9.41. The summed E-state index contributed by atoms with van der Waals surface area (Å²) in [5.74, 6) is -0.00528. The van der Waals surface area contributed by atoms with E-state index in [9.17, 15) is 13.2 Å². The molecule has 1 N–H and O–H groups in total. The third kappa shape index (κ3) is 3.85. The van der Waals surface area contributed by atoms with Gasteiger partial charge in [0.1, 0.15) is 0 Å². The van der Waals surface area contributed by atoms with Crippen LogP contribution in [-0.2, 0) is 15.4 Å². The quantitative estimate of drug-likeness (QED) is 0.847. The van der Waals surface area contributed by atoms with Gasteiger partial charge in [-0.15, -0.1) is 0 Å². The van der Waals surface area contributed by atoms with Gasteiger partial charge in [-0.1, -0.05) is 0 Å². The molecule has 1 fully saturated rings. The summed E-state index contributed by atoms with van der Waals surface area (Å²) in [6, 6.07) is -0.286. The summed E-state index contributed by atoms with van der Waals surface area (Å²) in [5, 5.41) is 7.03. The van der Waals surface area contributed by atoms with Crippen LogP contribution in [0.4, 0.5) is 10.5 Å². The standard InChI is InChI=1S/C15H26N4O3S/c1-14(2,3)19-11-12(10-16-19)17-13(20)18-7-6-15(4,5)23(21,22)9-8-18/h10-11H,6-9H2,1-5H3,(H,17,20). The first-order valence-electron chi connectivity index (χ1n) is 7.76. The average molecular weight is 342 g/mol. The Balaban J connectivity index is 2.06. The molecule has 0 aliphatic carbocycles. The average Bonchev–Trinajstić information content (AvgIpc) is 2.82. The number of hydrogen-bond acceptors (Lipinski definition) is 4. The fourth-order valence-electron chi connectivity index (χ4n) is 2.34. The Morgan fingerprint density at radius 1 is 1.30 bits per heavy atom. The van der Waals surface area contributed by atoms with E-state index in [0.717, 1.165) is 0 Å². The minimum Gasteiger partial charge on any atom is -0.323 e. The monoisotopic (exact) mass is 342 g/mol. The third-order valence-electron chi connectivity index (χ3n) is 4.26. The van der Waals surface area contributed by atoms with Crippen molar-refractivity contribution in [3.8, 4) is 0 Å². The number of nitrogens with one attached hydrogen (secondary N) is 1. The number of amides is 2. The number of rotatable bonds is 1. The van der Waals surface area contributed by atoms with Crippen LogP contribution in [0.3, 0.4) is 0 Å². The van der Waals surface area contributed by atoms with Crippen LogP contribution in [0.15, 0.2) is 12.4 Å². The van der Waals surface area contributed by atoms with Gasteiger partial charge in [0, 0.05) is 19.3 Å². The van der Waals surface area contributed by atoms with Gasteiger partial charge in [-0.25, -0.2) is 13.2 Å². The molecular weight excluding hydrogens is 316 g/mol. The predicted octanol–water partition coefficient (Wildman–Crippen LogP) is 2.07. The van der Waals surface area contributed by atoms with E-state index in [1.54, 1.807) is 35.8 Å². The van der Waals surface area contributed by atoms with Crippen LogP contribution in [0.2, 0.25) is 0 Å². The Labute approximate surface area is 138 Å². The third-order valence-corrected chi connectivity index (χ3v) is 6.87. The van der Waals surface area contributed by atoms with E-state index in [1.807, 2.05) is 20.8 Å². The molecule has 0 bridgehead atoms. The number of carbonyl (C=O) groups excluding carboxylic acids is 1. The van der Waals surface area contributed by atoms with Crippen LogP contribution >= 0.6 is 0 Å². The van der Waals surface area contributed by atoms with Crippen molar-refractivity contribution >= 4 is 21.6 Å². The van der Waals surface area contributed by atoms with E-state index in [1.165, 1.54) is 0 Å². The molecule has 0 atom stereocenters. The predicted molar refractivity (Wildman–Crippen MR) is 90.3 cm³/mol. The lowest BCUT2D eigenvalue weighted by Crippen LogP contribution is -2.37. The van der Waals surface area contributed by atoms with Crippen molar-refractivity contribution in [3.05, 3.63) is 12.4 Å². The maximum absolute atomic E-state index is 12.4. The smallest absolute Gasteiger partial charge is 0.321 e. The lowest BCUT2D eigenvalue weighted by molar-refractivity contribution is 0.214. The van der Waals surface area contributed by atoms with Gasteiger partial charge in [0.25, 0.3) is 0 Å². The number of carbonyl (C=O) groups is 1. The maximum Gasteiger partial charge on any atom is 0.321 e. The number of anilines is 1. The van der Waals surface area contributed by atoms with Crippen LogP contribution in [0.25, 0.3) is 0 Å². The number of hydrogen-bond donors (Lipinski definition) is 1. The van der Waals surface area contributed by atoms with Crippen molar-refractivity contribution in [2.75, 3.05) is 24.2 Å². The van der Waals surface area contributed by atoms with E-state index in [-0.39, 0.29) is 23.9 Å². The van der Waals surface area contributed by atoms with Crippen LogP contribution in [0.1, 0.15) is 41.0 Å². The molecule has 0 aromatic carbocycles. The summed E-state index contributed by atoms with van der Waals surface area (Å²) >= 11 is 0. The molecule has 2 amide bonds. The first-order chi connectivity index (χ1) is 10.4. The molecule has 130 valence electrons. The highest BCUT2D eigenvalue weighted by Gasteiger charge is 2.38. The van der Waals surface area contributed by atoms with Gasteiger partial charge in [-0.2, -0.15) is 5.10 Å². The molecule has 1 saturated heterocycles. The van der Waals surface area contributed by atoms with E-state index >= 15 is 0 Å². The van der Waals surface area contributed by atoms with Crippen LogP contribution in [0, 0.1) is 0 Å². The normalized spacial score (nSPS) is 20.8. The van der Waals surface area contributed by atoms with Crippen LogP contribution < -0.4 is 5.32 Å². The second kappa shape index (κ2) is 5.81. The minimum absolute atomic E-state index is 0.00528. The highest BCUT2D eigenvalue weighted by Crippen LogP contribution is 2.25. The Morgan fingerprint density at radius 3 is 2.52 bits per heavy atom. The summed E-state index contributed by atoms with van der Waals surface area (Å²) in [4.78, 5) is 13.9. The maximum atomic E-state index is 12.4. The molecule has 0 unspecified atom stereocenters. The number of sulfone groups is 1. The van der Waals surface area contributed by atoms with Gasteiger partial charge in [-0.3, -0.25) is 4.68 Å². The SMILES string of the molecule is CC(C)(C)n1cc(NC(=O)N2CCC(C)(C)S(=O)(=O)CC2)cn1. The van der Waals surface area contributed by atoms with Gasteiger partial charge in [0.2, 0.25) is 0 Å². The molecule has 0 radical (unpaired) electrons. The number of urea groups is 1. The lowest BCUT2D eigenvalue weighted by atomic mass is 10.1. The first kappa shape index (κ1) is 17.8. The molecule has 0 spiro atoms. The number of nitrogens with zero attached hydrogens (tertiary/aromatic N) is 3. The van der Waals surface area contributed by atoms with Crippen molar-refractivity contribution in [1.29, 1.82) is 0 Å². The summed E-state index contributed by atoms with van der Waals surface area (Å²) in [7, 11) is -3.19. The second-order valence-electron chi connectivity index (χ2n) is 7.59. The molecule has 1 aliphatic rings. The summed E-state index contributed by atoms with van der Waals surface area (Å²) in [6.07, 6.45) is 3.81. The van der Waals surface area contributed by atoms with Crippen molar-refractivity contribution in [2.45, 2.75) is 51.3 Å². The van der Waals surface area contributed by atoms with E-state index in [2.05, 4.69) is 10.4 Å². The van der Waals surface area contributed by atoms with Crippen molar-refractivity contribution in [2.24, 2.45) is 0 Å². The Kier molecular flexibility index (Phi) is 4.49. The molecule has 0 saturated carbocycles. The lowest BCUT2D eigenvalue weighted by Gasteiger charge is -2.22. The van der Waals surface area contributed by atoms with E-state index < -0.39 is 14.6 Å². The summed E-state index contributed by atoms with van der Waals surface area (Å²) in [5.41, 5.74) is 0.445. The topological polar surface area (TPSA) is 84.3 Å². The van der Waals surface area contributed by atoms with Crippen molar-refractivity contribution < 1.29 is 13.2 Å². The molecule has 23 heavy (non-hydrogen) atoms. The molecule has 1 aromatic rings. The Hall–Kier alpha value is -1.57. The van der Waals surface area contributed by atoms with Crippen LogP contribution in [0.5, 0.6) is 0 Å². The van der Waals surface area contributed by atoms with Gasteiger partial charge < -0.3 is 10.2 Å². The van der Waals surface area contributed by atoms with E-state index in [4.69, 9.17) is 0 Å². The fourth-order valence-corrected chi connectivity index (χ4v) is 3.75. The van der Waals surface area contributed by atoms with Gasteiger partial charge in [-0.05, 0) is 41.0 Å². The number of aromatic nitrogens is 2. The highest BCUT2D eigenvalue weighted by molar-refractivity contribution is 7.92. The van der Waals surface area contributed by atoms with Gasteiger partial charge in [0.05, 0.1) is 27.9 Å². The largest absolute Gasteiger partial charge is 0.323 e. The molecule has 7 nitrogen and oxygen atoms in total. The molecule has 1 aromatic heterocycles. The summed E-state index contributed by atoms with van der Waals surface area (Å²) < 4.78 is 25.4. The Morgan fingerprint density at radius 2 is 1.96 bits per heavy atom. The fraction of sp³-hybridized carbons (Fsp3) is 0.733. The van der Waals surface area contributed by atoms with Crippen molar-refractivity contribution in [3.63, 3.8) is 0 Å². The summed E-state index contributed by atoms with van der Waals surface area (Å²) in [6.45, 7) is 10.1. The molecule has 2 rings (SSSR count). The zero-order chi connectivity index (χ0) is 17.5. The zero-order valence-electron chi connectivity index (χ0n) is 14.5. The second-order valence-corrected chi connectivity index (χ2v) is 10.3. The van der Waals surface area contributed by atoms with Gasteiger partial charge in [0.15, 0.2) is 9.84 Å². The Bertz CT molecular complexity index is 686.